The summed E-state index contributed by atoms with van der Waals surface area (Å²) in [7, 11) is 0.755. The van der Waals surface area contributed by atoms with Crippen LogP contribution in [0.4, 0.5) is 11.4 Å². The van der Waals surface area contributed by atoms with Gasteiger partial charge in [-0.25, -0.2) is 0 Å². The van der Waals surface area contributed by atoms with E-state index in [1.165, 1.54) is 21.1 Å². The fourth-order valence-electron chi connectivity index (χ4n) is 2.03. The summed E-state index contributed by atoms with van der Waals surface area (Å²) in [5.41, 5.74) is 1.28. The predicted molar refractivity (Wildman–Crippen MR) is 102 cm³/mol. The van der Waals surface area contributed by atoms with Crippen molar-refractivity contribution in [3.05, 3.63) is 58.1 Å². The van der Waals surface area contributed by atoms with Gasteiger partial charge in [0.15, 0.2) is 0 Å². The van der Waals surface area contributed by atoms with Gasteiger partial charge < -0.3 is 5.32 Å². The minimum absolute atomic E-state index is 0.358. The van der Waals surface area contributed by atoms with Crippen molar-refractivity contribution in [3.8, 4) is 0 Å². The van der Waals surface area contributed by atoms with Crippen LogP contribution in [0.5, 0.6) is 0 Å². The van der Waals surface area contributed by atoms with E-state index < -0.39 is 10.2 Å². The first-order valence-electron chi connectivity index (χ1n) is 7.15. The molecule has 134 valence electrons. The molecule has 0 aliphatic heterocycles. The Bertz CT molecular complexity index is 864. The topological polar surface area (TPSA) is 69.7 Å². The number of amides is 1. The summed E-state index contributed by atoms with van der Waals surface area (Å²) >= 11 is 11.8. The molecule has 0 atom stereocenters. The average Bonchev–Trinajstić information content (AvgIpc) is 2.53. The van der Waals surface area contributed by atoms with Crippen molar-refractivity contribution >= 4 is 50.7 Å². The summed E-state index contributed by atoms with van der Waals surface area (Å²) in [6, 6.07) is 10.9. The van der Waals surface area contributed by atoms with E-state index in [9.17, 15) is 13.2 Å². The molecule has 0 spiro atoms. The molecule has 0 aliphatic carbocycles. The highest BCUT2D eigenvalue weighted by molar-refractivity contribution is 7.90. The van der Waals surface area contributed by atoms with Crippen LogP contribution in [0, 0.1) is 0 Å². The van der Waals surface area contributed by atoms with Crippen LogP contribution in [0.25, 0.3) is 0 Å². The lowest BCUT2D eigenvalue weighted by Gasteiger charge is -2.23. The molecule has 2 aromatic carbocycles. The first kappa shape index (κ1) is 19.5. The second-order valence-corrected chi connectivity index (χ2v) is 8.46. The zero-order chi connectivity index (χ0) is 18.8. The Labute approximate surface area is 157 Å². The molecule has 0 saturated heterocycles. The number of hydrogen-bond acceptors (Lipinski definition) is 3. The third kappa shape index (κ3) is 4.64. The second kappa shape index (κ2) is 7.61. The van der Waals surface area contributed by atoms with Gasteiger partial charge in [0.2, 0.25) is 0 Å². The van der Waals surface area contributed by atoms with E-state index in [1.54, 1.807) is 42.5 Å². The van der Waals surface area contributed by atoms with Gasteiger partial charge in [0.1, 0.15) is 0 Å². The Morgan fingerprint density at radius 1 is 0.960 bits per heavy atom. The number of rotatable bonds is 5. The monoisotopic (exact) mass is 401 g/mol. The van der Waals surface area contributed by atoms with E-state index in [0.717, 1.165) is 8.61 Å². The van der Waals surface area contributed by atoms with Gasteiger partial charge in [-0.1, -0.05) is 23.2 Å². The largest absolute Gasteiger partial charge is 0.322 e. The van der Waals surface area contributed by atoms with Crippen molar-refractivity contribution in [2.45, 2.75) is 0 Å². The molecular formula is C16H17Cl2N3O3S. The van der Waals surface area contributed by atoms with Crippen molar-refractivity contribution < 1.29 is 13.2 Å². The summed E-state index contributed by atoms with van der Waals surface area (Å²) in [4.78, 5) is 12.3. The molecular weight excluding hydrogens is 385 g/mol. The summed E-state index contributed by atoms with van der Waals surface area (Å²) in [5.74, 6) is -0.358. The van der Waals surface area contributed by atoms with Gasteiger partial charge in [0.05, 0.1) is 5.69 Å². The first-order valence-corrected chi connectivity index (χ1v) is 9.30. The number of nitrogens with zero attached hydrogens (tertiary/aromatic N) is 2. The van der Waals surface area contributed by atoms with Crippen LogP contribution < -0.4 is 9.62 Å². The molecule has 6 nitrogen and oxygen atoms in total. The number of halogens is 2. The summed E-state index contributed by atoms with van der Waals surface area (Å²) in [5, 5.41) is 3.51. The van der Waals surface area contributed by atoms with E-state index >= 15 is 0 Å². The summed E-state index contributed by atoms with van der Waals surface area (Å²) < 4.78 is 26.4. The molecule has 0 aromatic heterocycles. The highest BCUT2D eigenvalue weighted by Gasteiger charge is 2.21. The van der Waals surface area contributed by atoms with Gasteiger partial charge in [-0.3, -0.25) is 9.10 Å². The summed E-state index contributed by atoms with van der Waals surface area (Å²) in [6.07, 6.45) is 0. The molecule has 0 fully saturated rings. The minimum atomic E-state index is -3.58. The van der Waals surface area contributed by atoms with Crippen LogP contribution in [0.15, 0.2) is 42.5 Å². The number of nitrogens with one attached hydrogen (secondary N) is 1. The van der Waals surface area contributed by atoms with Crippen molar-refractivity contribution in [2.75, 3.05) is 30.8 Å². The molecule has 0 unspecified atom stereocenters. The van der Waals surface area contributed by atoms with Crippen molar-refractivity contribution in [3.63, 3.8) is 0 Å². The second-order valence-electron chi connectivity index (χ2n) is 5.42. The average molecular weight is 402 g/mol. The predicted octanol–water partition coefficient (Wildman–Crippen LogP) is 3.49. The molecule has 0 heterocycles. The maximum absolute atomic E-state index is 12.3. The highest BCUT2D eigenvalue weighted by Crippen LogP contribution is 2.23. The highest BCUT2D eigenvalue weighted by atomic mass is 35.5. The lowest BCUT2D eigenvalue weighted by atomic mass is 10.2. The molecule has 9 heteroatoms. The van der Waals surface area contributed by atoms with Crippen molar-refractivity contribution in [2.24, 2.45) is 0 Å². The Hall–Kier alpha value is -1.80. The Balaban J connectivity index is 2.18. The molecule has 0 saturated carbocycles. The van der Waals surface area contributed by atoms with E-state index in [0.29, 0.717) is 27.0 Å². The van der Waals surface area contributed by atoms with E-state index in [4.69, 9.17) is 23.2 Å². The Morgan fingerprint density at radius 3 is 1.96 bits per heavy atom. The fraction of sp³-hybridized carbons (Fsp3) is 0.188. The molecule has 25 heavy (non-hydrogen) atoms. The molecule has 2 aromatic rings. The standard InChI is InChI=1S/C16H17Cl2N3O3S/c1-20(2)25(23,24)21(3)15-6-4-11(5-7-15)16(22)19-14-9-12(17)8-13(18)10-14/h4-10H,1-3H3,(H,19,22). The number of carbonyl (C=O) groups excluding carboxylic acids is 1. The van der Waals surface area contributed by atoms with E-state index in [1.807, 2.05) is 0 Å². The summed E-state index contributed by atoms with van der Waals surface area (Å²) in [6.45, 7) is 0. The van der Waals surface area contributed by atoms with Gasteiger partial charge in [0, 0.05) is 42.4 Å². The molecule has 1 amide bonds. The van der Waals surface area contributed by atoms with Crippen molar-refractivity contribution in [1.82, 2.24) is 4.31 Å². The van der Waals surface area contributed by atoms with Crippen LogP contribution in [0.3, 0.4) is 0 Å². The molecule has 1 N–H and O–H groups in total. The lowest BCUT2D eigenvalue weighted by Crippen LogP contribution is -2.37. The molecule has 0 bridgehead atoms. The third-order valence-corrected chi connectivity index (χ3v) is 5.68. The van der Waals surface area contributed by atoms with Gasteiger partial charge in [-0.15, -0.1) is 0 Å². The quantitative estimate of drug-likeness (QED) is 0.833. The zero-order valence-corrected chi connectivity index (χ0v) is 16.2. The van der Waals surface area contributed by atoms with Crippen molar-refractivity contribution in [1.29, 1.82) is 0 Å². The SMILES string of the molecule is CN(C)S(=O)(=O)N(C)c1ccc(C(=O)Nc2cc(Cl)cc(Cl)c2)cc1. The smallest absolute Gasteiger partial charge is 0.303 e. The third-order valence-electron chi connectivity index (χ3n) is 3.42. The van der Waals surface area contributed by atoms with Crippen LogP contribution >= 0.6 is 23.2 Å². The van der Waals surface area contributed by atoms with Crippen LogP contribution in [-0.4, -0.2) is 39.8 Å². The minimum Gasteiger partial charge on any atom is -0.322 e. The van der Waals surface area contributed by atoms with Gasteiger partial charge in [0.25, 0.3) is 5.91 Å². The van der Waals surface area contributed by atoms with Gasteiger partial charge in [-0.2, -0.15) is 12.7 Å². The molecule has 0 aliphatic rings. The number of anilines is 2. The first-order chi connectivity index (χ1) is 11.6. The van der Waals surface area contributed by atoms with Gasteiger partial charge in [-0.05, 0) is 42.5 Å². The number of carbonyl (C=O) groups is 1. The lowest BCUT2D eigenvalue weighted by molar-refractivity contribution is 0.102. The van der Waals surface area contributed by atoms with Gasteiger partial charge >= 0.3 is 10.2 Å². The van der Waals surface area contributed by atoms with Crippen LogP contribution in [-0.2, 0) is 10.2 Å². The van der Waals surface area contributed by atoms with Crippen LogP contribution in [0.2, 0.25) is 10.0 Å². The molecule has 0 radical (unpaired) electrons. The Kier molecular flexibility index (Phi) is 5.95. The zero-order valence-electron chi connectivity index (χ0n) is 13.8. The fourth-order valence-corrected chi connectivity index (χ4v) is 3.43. The van der Waals surface area contributed by atoms with E-state index in [2.05, 4.69) is 5.32 Å². The number of benzene rings is 2. The van der Waals surface area contributed by atoms with Crippen LogP contribution in [0.1, 0.15) is 10.4 Å². The molecule has 2 rings (SSSR count). The van der Waals surface area contributed by atoms with E-state index in [-0.39, 0.29) is 5.91 Å². The number of hydrogen-bond donors (Lipinski definition) is 1. The Morgan fingerprint density at radius 2 is 1.48 bits per heavy atom. The maximum atomic E-state index is 12.3. The normalized spacial score (nSPS) is 11.4. The maximum Gasteiger partial charge on any atom is 0.303 e.